The van der Waals surface area contributed by atoms with Gasteiger partial charge in [0.1, 0.15) is 0 Å². The van der Waals surface area contributed by atoms with Gasteiger partial charge in [-0.15, -0.1) is 0 Å². The fourth-order valence-corrected chi connectivity index (χ4v) is 1.87. The molecule has 5 heteroatoms. The lowest BCUT2D eigenvalue weighted by Crippen LogP contribution is -2.14. The summed E-state index contributed by atoms with van der Waals surface area (Å²) in [6.45, 7) is 0. The Bertz CT molecular complexity index is 641. The molecule has 2 rings (SSSR count). The van der Waals surface area contributed by atoms with Crippen LogP contribution in [-0.2, 0) is 0 Å². The molecular formula is C15H16ClN3O. The van der Waals surface area contributed by atoms with E-state index in [2.05, 4.69) is 5.32 Å². The Hall–Kier alpha value is -2.20. The van der Waals surface area contributed by atoms with Gasteiger partial charge in [0.2, 0.25) is 0 Å². The van der Waals surface area contributed by atoms with E-state index in [9.17, 15) is 4.79 Å². The number of nitrogens with zero attached hydrogens (tertiary/aromatic N) is 1. The van der Waals surface area contributed by atoms with Crippen molar-refractivity contribution in [2.24, 2.45) is 0 Å². The Morgan fingerprint density at radius 2 is 1.95 bits per heavy atom. The third-order valence-electron chi connectivity index (χ3n) is 2.88. The largest absolute Gasteiger partial charge is 0.397 e. The lowest BCUT2D eigenvalue weighted by Gasteiger charge is -2.13. The maximum Gasteiger partial charge on any atom is 0.255 e. The summed E-state index contributed by atoms with van der Waals surface area (Å²) in [4.78, 5) is 14.1. The van der Waals surface area contributed by atoms with Crippen LogP contribution in [0.5, 0.6) is 0 Å². The van der Waals surface area contributed by atoms with Crippen molar-refractivity contribution in [2.75, 3.05) is 30.0 Å². The van der Waals surface area contributed by atoms with Gasteiger partial charge in [0.05, 0.1) is 10.7 Å². The van der Waals surface area contributed by atoms with Crippen molar-refractivity contribution >= 4 is 34.6 Å². The lowest BCUT2D eigenvalue weighted by atomic mass is 10.1. The summed E-state index contributed by atoms with van der Waals surface area (Å²) < 4.78 is 0. The van der Waals surface area contributed by atoms with Gasteiger partial charge in [-0.3, -0.25) is 4.79 Å². The molecule has 2 aromatic carbocycles. The van der Waals surface area contributed by atoms with E-state index in [-0.39, 0.29) is 5.91 Å². The van der Waals surface area contributed by atoms with E-state index < -0.39 is 0 Å². The normalized spacial score (nSPS) is 10.2. The summed E-state index contributed by atoms with van der Waals surface area (Å²) in [6.07, 6.45) is 0. The van der Waals surface area contributed by atoms with Gasteiger partial charge < -0.3 is 16.0 Å². The molecule has 0 aliphatic heterocycles. The Morgan fingerprint density at radius 1 is 1.20 bits per heavy atom. The topological polar surface area (TPSA) is 58.4 Å². The number of nitrogens with two attached hydrogens (primary N) is 1. The highest BCUT2D eigenvalue weighted by Crippen LogP contribution is 2.23. The molecule has 1 amide bonds. The van der Waals surface area contributed by atoms with Gasteiger partial charge in [0.25, 0.3) is 5.91 Å². The number of rotatable bonds is 3. The minimum atomic E-state index is -0.185. The van der Waals surface area contributed by atoms with Gasteiger partial charge in [-0.05, 0) is 36.4 Å². The van der Waals surface area contributed by atoms with Crippen LogP contribution in [0, 0.1) is 0 Å². The number of amides is 1. The highest BCUT2D eigenvalue weighted by molar-refractivity contribution is 6.33. The second kappa shape index (κ2) is 5.84. The number of hydrogen-bond donors (Lipinski definition) is 2. The molecule has 4 nitrogen and oxygen atoms in total. The summed E-state index contributed by atoms with van der Waals surface area (Å²) in [6, 6.07) is 12.4. The summed E-state index contributed by atoms with van der Waals surface area (Å²) in [7, 11) is 3.85. The van der Waals surface area contributed by atoms with Gasteiger partial charge in [-0.25, -0.2) is 0 Å². The van der Waals surface area contributed by atoms with E-state index in [1.165, 1.54) is 0 Å². The smallest absolute Gasteiger partial charge is 0.255 e. The quantitative estimate of drug-likeness (QED) is 0.853. The van der Waals surface area contributed by atoms with Crippen LogP contribution in [0.4, 0.5) is 17.1 Å². The number of halogens is 1. The second-order valence-corrected chi connectivity index (χ2v) is 5.04. The minimum absolute atomic E-state index is 0.185. The van der Waals surface area contributed by atoms with E-state index in [1.54, 1.807) is 24.3 Å². The molecule has 0 radical (unpaired) electrons. The van der Waals surface area contributed by atoms with Crippen molar-refractivity contribution in [2.45, 2.75) is 0 Å². The van der Waals surface area contributed by atoms with Gasteiger partial charge in [-0.1, -0.05) is 17.7 Å². The van der Waals surface area contributed by atoms with Crippen LogP contribution < -0.4 is 16.0 Å². The zero-order valence-corrected chi connectivity index (χ0v) is 12.1. The first-order chi connectivity index (χ1) is 9.47. The molecule has 0 aliphatic rings. The Kier molecular flexibility index (Phi) is 4.15. The van der Waals surface area contributed by atoms with Gasteiger partial charge in [0, 0.05) is 31.0 Å². The first-order valence-electron chi connectivity index (χ1n) is 6.11. The molecule has 0 spiro atoms. The third kappa shape index (κ3) is 3.22. The number of benzene rings is 2. The Morgan fingerprint density at radius 3 is 2.60 bits per heavy atom. The van der Waals surface area contributed by atoms with Crippen LogP contribution in [0.1, 0.15) is 10.4 Å². The molecule has 0 aliphatic carbocycles. The minimum Gasteiger partial charge on any atom is -0.397 e. The molecule has 2 aromatic rings. The molecule has 0 unspecified atom stereocenters. The van der Waals surface area contributed by atoms with Crippen LogP contribution in [0.3, 0.4) is 0 Å². The van der Waals surface area contributed by atoms with E-state index in [0.29, 0.717) is 22.0 Å². The monoisotopic (exact) mass is 289 g/mol. The molecule has 0 saturated heterocycles. The van der Waals surface area contributed by atoms with Crippen LogP contribution >= 0.6 is 11.6 Å². The molecule has 0 heterocycles. The second-order valence-electron chi connectivity index (χ2n) is 4.64. The Labute approximate surface area is 123 Å². The van der Waals surface area contributed by atoms with E-state index in [1.807, 2.05) is 37.2 Å². The van der Waals surface area contributed by atoms with Gasteiger partial charge in [-0.2, -0.15) is 0 Å². The Balaban J connectivity index is 2.19. The number of carbonyl (C=O) groups is 1. The summed E-state index contributed by atoms with van der Waals surface area (Å²) in [5.74, 6) is -0.185. The molecule has 0 saturated carbocycles. The van der Waals surface area contributed by atoms with E-state index >= 15 is 0 Å². The zero-order valence-electron chi connectivity index (χ0n) is 11.4. The molecule has 3 N–H and O–H groups in total. The standard InChI is InChI=1S/C15H16ClN3O/c1-19(2)12-5-3-4-10(8-12)15(20)18-11-6-7-13(16)14(17)9-11/h3-9H,17H2,1-2H3,(H,18,20). The van der Waals surface area contributed by atoms with Crippen molar-refractivity contribution in [1.82, 2.24) is 0 Å². The van der Waals surface area contributed by atoms with Crippen LogP contribution in [0.2, 0.25) is 5.02 Å². The van der Waals surface area contributed by atoms with Crippen molar-refractivity contribution in [3.63, 3.8) is 0 Å². The maximum absolute atomic E-state index is 12.2. The van der Waals surface area contributed by atoms with Crippen LogP contribution in [-0.4, -0.2) is 20.0 Å². The SMILES string of the molecule is CN(C)c1cccc(C(=O)Nc2ccc(Cl)c(N)c2)c1. The van der Waals surface area contributed by atoms with E-state index in [0.717, 1.165) is 5.69 Å². The number of hydrogen-bond acceptors (Lipinski definition) is 3. The van der Waals surface area contributed by atoms with Crippen molar-refractivity contribution < 1.29 is 4.79 Å². The molecule has 0 fully saturated rings. The first-order valence-corrected chi connectivity index (χ1v) is 6.49. The average molecular weight is 290 g/mol. The van der Waals surface area contributed by atoms with Gasteiger partial charge in [0.15, 0.2) is 0 Å². The molecule has 0 bridgehead atoms. The number of nitrogens with one attached hydrogen (secondary N) is 1. The summed E-state index contributed by atoms with van der Waals surface area (Å²) >= 11 is 5.85. The molecule has 20 heavy (non-hydrogen) atoms. The van der Waals surface area contributed by atoms with Gasteiger partial charge >= 0.3 is 0 Å². The highest BCUT2D eigenvalue weighted by atomic mass is 35.5. The fourth-order valence-electron chi connectivity index (χ4n) is 1.75. The molecule has 0 atom stereocenters. The van der Waals surface area contributed by atoms with Crippen molar-refractivity contribution in [3.05, 3.63) is 53.1 Å². The maximum atomic E-state index is 12.2. The molecule has 0 aromatic heterocycles. The fraction of sp³-hybridized carbons (Fsp3) is 0.133. The zero-order chi connectivity index (χ0) is 14.7. The van der Waals surface area contributed by atoms with Crippen LogP contribution in [0.15, 0.2) is 42.5 Å². The number of carbonyl (C=O) groups excluding carboxylic acids is 1. The summed E-state index contributed by atoms with van der Waals surface area (Å²) in [5.41, 5.74) is 8.32. The van der Waals surface area contributed by atoms with Crippen molar-refractivity contribution in [1.29, 1.82) is 0 Å². The predicted molar refractivity (Wildman–Crippen MR) is 84.6 cm³/mol. The van der Waals surface area contributed by atoms with Crippen molar-refractivity contribution in [3.8, 4) is 0 Å². The number of anilines is 3. The molecule has 104 valence electrons. The highest BCUT2D eigenvalue weighted by Gasteiger charge is 2.08. The predicted octanol–water partition coefficient (Wildman–Crippen LogP) is 3.24. The van der Waals surface area contributed by atoms with E-state index in [4.69, 9.17) is 17.3 Å². The first kappa shape index (κ1) is 14.2. The average Bonchev–Trinajstić information content (AvgIpc) is 2.43. The van der Waals surface area contributed by atoms with Crippen LogP contribution in [0.25, 0.3) is 0 Å². The molecular weight excluding hydrogens is 274 g/mol. The number of nitrogen functional groups attached to an aromatic ring is 1. The summed E-state index contributed by atoms with van der Waals surface area (Å²) in [5, 5.41) is 3.27. The lowest BCUT2D eigenvalue weighted by molar-refractivity contribution is 0.102. The third-order valence-corrected chi connectivity index (χ3v) is 3.22.